The number of hydrogen-bond donors (Lipinski definition) is 2. The summed E-state index contributed by atoms with van der Waals surface area (Å²) < 4.78 is 5.57. The van der Waals surface area contributed by atoms with E-state index in [2.05, 4.69) is 4.98 Å². The van der Waals surface area contributed by atoms with Crippen molar-refractivity contribution < 1.29 is 14.6 Å². The van der Waals surface area contributed by atoms with Crippen molar-refractivity contribution in [2.75, 3.05) is 5.73 Å². The van der Waals surface area contributed by atoms with Gasteiger partial charge in [0.1, 0.15) is 0 Å². The van der Waals surface area contributed by atoms with E-state index in [1.54, 1.807) is 6.07 Å². The minimum atomic E-state index is -1.11. The van der Waals surface area contributed by atoms with Crippen LogP contribution >= 0.6 is 0 Å². The number of carbonyl (C=O) groups is 1. The van der Waals surface area contributed by atoms with E-state index in [9.17, 15) is 4.79 Å². The summed E-state index contributed by atoms with van der Waals surface area (Å²) in [4.78, 5) is 14.9. The molecule has 2 rings (SSSR count). The third-order valence-electron chi connectivity index (χ3n) is 2.64. The van der Waals surface area contributed by atoms with Crippen molar-refractivity contribution in [3.8, 4) is 0 Å². The molecule has 2 heterocycles. The quantitative estimate of drug-likeness (QED) is 0.746. The third-order valence-corrected chi connectivity index (χ3v) is 2.64. The van der Waals surface area contributed by atoms with E-state index < -0.39 is 5.97 Å². The lowest BCUT2D eigenvalue weighted by atomic mass is 9.94. The highest BCUT2D eigenvalue weighted by Crippen LogP contribution is 2.28. The zero-order valence-corrected chi connectivity index (χ0v) is 9.28. The maximum atomic E-state index is 10.9. The molecule has 0 fully saturated rings. The lowest BCUT2D eigenvalue weighted by molar-refractivity contribution is -0.0420. The predicted molar refractivity (Wildman–Crippen MR) is 58.2 cm³/mol. The van der Waals surface area contributed by atoms with Gasteiger partial charge in [0, 0.05) is 6.42 Å². The van der Waals surface area contributed by atoms with Crippen LogP contribution in [0.5, 0.6) is 0 Å². The second-order valence-electron chi connectivity index (χ2n) is 4.56. The molecule has 5 heteroatoms. The molecule has 0 atom stereocenters. The van der Waals surface area contributed by atoms with Crippen LogP contribution in [0.3, 0.4) is 0 Å². The monoisotopic (exact) mass is 222 g/mol. The molecule has 0 spiro atoms. The Hall–Kier alpha value is -1.62. The molecule has 0 aromatic carbocycles. The maximum Gasteiger partial charge on any atom is 0.356 e. The summed E-state index contributed by atoms with van der Waals surface area (Å²) in [5.74, 6) is -1.11. The number of fused-ring (bicyclic) bond motifs is 1. The van der Waals surface area contributed by atoms with Crippen LogP contribution in [-0.4, -0.2) is 21.7 Å². The predicted octanol–water partition coefficient (Wildman–Crippen LogP) is 1.21. The number of ether oxygens (including phenoxy) is 1. The number of carboxylic acid groups (broad SMARTS) is 1. The smallest absolute Gasteiger partial charge is 0.356 e. The van der Waals surface area contributed by atoms with Gasteiger partial charge in [-0.1, -0.05) is 0 Å². The fourth-order valence-corrected chi connectivity index (χ4v) is 1.83. The number of aromatic carboxylic acids is 1. The average molecular weight is 222 g/mol. The maximum absolute atomic E-state index is 10.9. The first kappa shape index (κ1) is 10.9. The summed E-state index contributed by atoms with van der Waals surface area (Å²) in [5.41, 5.74) is 7.17. The van der Waals surface area contributed by atoms with Gasteiger partial charge in [-0.15, -0.1) is 0 Å². The number of carboxylic acids is 1. The molecule has 1 aliphatic heterocycles. The van der Waals surface area contributed by atoms with Crippen LogP contribution in [0, 0.1) is 0 Å². The normalized spacial score (nSPS) is 17.9. The molecule has 86 valence electrons. The molecule has 0 saturated heterocycles. The van der Waals surface area contributed by atoms with Crippen LogP contribution in [0.4, 0.5) is 5.69 Å². The second kappa shape index (κ2) is 3.45. The van der Waals surface area contributed by atoms with Crippen molar-refractivity contribution in [2.24, 2.45) is 0 Å². The van der Waals surface area contributed by atoms with Gasteiger partial charge in [0.15, 0.2) is 5.69 Å². The highest BCUT2D eigenvalue weighted by molar-refractivity contribution is 5.91. The van der Waals surface area contributed by atoms with Crippen LogP contribution < -0.4 is 5.73 Å². The summed E-state index contributed by atoms with van der Waals surface area (Å²) in [6.07, 6.45) is 0.694. The van der Waals surface area contributed by atoms with E-state index in [0.29, 0.717) is 18.7 Å². The van der Waals surface area contributed by atoms with E-state index in [0.717, 1.165) is 5.56 Å². The molecule has 1 aliphatic rings. The summed E-state index contributed by atoms with van der Waals surface area (Å²) >= 11 is 0. The molecule has 3 N–H and O–H groups in total. The zero-order chi connectivity index (χ0) is 11.9. The van der Waals surface area contributed by atoms with Gasteiger partial charge in [-0.05, 0) is 25.5 Å². The van der Waals surface area contributed by atoms with Gasteiger partial charge in [-0.25, -0.2) is 9.78 Å². The van der Waals surface area contributed by atoms with Crippen LogP contribution in [0.2, 0.25) is 0 Å². The number of aromatic nitrogens is 1. The SMILES string of the molecule is CC1(C)Cc2cc(N)c(C(=O)O)nc2CO1. The van der Waals surface area contributed by atoms with E-state index in [-0.39, 0.29) is 17.0 Å². The van der Waals surface area contributed by atoms with Crippen LogP contribution in [-0.2, 0) is 17.8 Å². The van der Waals surface area contributed by atoms with Crippen molar-refractivity contribution in [3.05, 3.63) is 23.0 Å². The Morgan fingerprint density at radius 2 is 2.31 bits per heavy atom. The Kier molecular flexibility index (Phi) is 2.35. The Balaban J connectivity index is 2.46. The van der Waals surface area contributed by atoms with Gasteiger partial charge in [-0.2, -0.15) is 0 Å². The second-order valence-corrected chi connectivity index (χ2v) is 4.56. The molecule has 0 bridgehead atoms. The molecule has 0 radical (unpaired) electrons. The van der Waals surface area contributed by atoms with Crippen molar-refractivity contribution in [1.82, 2.24) is 4.98 Å². The highest BCUT2D eigenvalue weighted by Gasteiger charge is 2.28. The minimum Gasteiger partial charge on any atom is -0.476 e. The number of rotatable bonds is 1. The Bertz CT molecular complexity index is 455. The van der Waals surface area contributed by atoms with Crippen LogP contribution in [0.15, 0.2) is 6.07 Å². The van der Waals surface area contributed by atoms with Gasteiger partial charge in [0.2, 0.25) is 0 Å². The molecule has 5 nitrogen and oxygen atoms in total. The van der Waals surface area contributed by atoms with E-state index >= 15 is 0 Å². The first-order chi connectivity index (χ1) is 7.39. The first-order valence-electron chi connectivity index (χ1n) is 5.04. The molecular formula is C11H14N2O3. The number of nitrogens with zero attached hydrogens (tertiary/aromatic N) is 1. The van der Waals surface area contributed by atoms with Gasteiger partial charge in [0.05, 0.1) is 23.6 Å². The molecule has 1 aromatic heterocycles. The molecule has 16 heavy (non-hydrogen) atoms. The summed E-state index contributed by atoms with van der Waals surface area (Å²) in [6, 6.07) is 1.69. The fraction of sp³-hybridized carbons (Fsp3) is 0.455. The number of hydrogen-bond acceptors (Lipinski definition) is 4. The van der Waals surface area contributed by atoms with Crippen molar-refractivity contribution in [3.63, 3.8) is 0 Å². The summed E-state index contributed by atoms with van der Waals surface area (Å²) in [6.45, 7) is 4.30. The van der Waals surface area contributed by atoms with Crippen LogP contribution in [0.25, 0.3) is 0 Å². The van der Waals surface area contributed by atoms with E-state index in [1.807, 2.05) is 13.8 Å². The fourth-order valence-electron chi connectivity index (χ4n) is 1.83. The molecule has 0 unspecified atom stereocenters. The molecule has 0 saturated carbocycles. The highest BCUT2D eigenvalue weighted by atomic mass is 16.5. The Morgan fingerprint density at radius 3 is 2.94 bits per heavy atom. The molecular weight excluding hydrogens is 208 g/mol. The summed E-state index contributed by atoms with van der Waals surface area (Å²) in [5, 5.41) is 8.89. The van der Waals surface area contributed by atoms with E-state index in [1.165, 1.54) is 0 Å². The topological polar surface area (TPSA) is 85.4 Å². The van der Waals surface area contributed by atoms with Gasteiger partial charge >= 0.3 is 5.97 Å². The Labute approximate surface area is 93.2 Å². The number of anilines is 1. The molecule has 0 amide bonds. The number of nitrogens with two attached hydrogens (primary N) is 1. The minimum absolute atomic E-state index is 0.0953. The summed E-state index contributed by atoms with van der Waals surface area (Å²) in [7, 11) is 0. The molecule has 1 aromatic rings. The van der Waals surface area contributed by atoms with Gasteiger partial charge in [-0.3, -0.25) is 0 Å². The van der Waals surface area contributed by atoms with Crippen molar-refractivity contribution in [1.29, 1.82) is 0 Å². The van der Waals surface area contributed by atoms with Gasteiger partial charge in [0.25, 0.3) is 0 Å². The number of nitrogen functional groups attached to an aromatic ring is 1. The Morgan fingerprint density at radius 1 is 1.62 bits per heavy atom. The standard InChI is InChI=1S/C11H14N2O3/c1-11(2)4-6-3-7(12)9(10(14)15)13-8(6)5-16-11/h3H,4-5,12H2,1-2H3,(H,14,15). The largest absolute Gasteiger partial charge is 0.476 e. The molecule has 0 aliphatic carbocycles. The third kappa shape index (κ3) is 1.86. The van der Waals surface area contributed by atoms with E-state index in [4.69, 9.17) is 15.6 Å². The zero-order valence-electron chi connectivity index (χ0n) is 9.28. The lowest BCUT2D eigenvalue weighted by Crippen LogP contribution is -2.32. The first-order valence-corrected chi connectivity index (χ1v) is 5.04. The lowest BCUT2D eigenvalue weighted by Gasteiger charge is -2.31. The van der Waals surface area contributed by atoms with Crippen molar-refractivity contribution in [2.45, 2.75) is 32.5 Å². The number of pyridine rings is 1. The van der Waals surface area contributed by atoms with Crippen molar-refractivity contribution >= 4 is 11.7 Å². The van der Waals surface area contributed by atoms with Gasteiger partial charge < -0.3 is 15.6 Å². The van der Waals surface area contributed by atoms with Crippen LogP contribution in [0.1, 0.15) is 35.6 Å². The average Bonchev–Trinajstić information content (AvgIpc) is 2.14.